The Balaban J connectivity index is 1.32. The summed E-state index contributed by atoms with van der Waals surface area (Å²) >= 11 is 1.82. The van der Waals surface area contributed by atoms with Crippen molar-refractivity contribution in [3.05, 3.63) is 152 Å². The molecular weight excluding hydrogens is 543 g/mol. The van der Waals surface area contributed by atoms with Crippen molar-refractivity contribution in [3.63, 3.8) is 0 Å². The summed E-state index contributed by atoms with van der Waals surface area (Å²) in [4.78, 5) is 15.1. The second-order valence-corrected chi connectivity index (χ2v) is 11.5. The first-order valence-corrected chi connectivity index (χ1v) is 15.1. The van der Waals surface area contributed by atoms with E-state index in [4.69, 9.17) is 15.0 Å². The number of thiophene rings is 1. The predicted molar refractivity (Wildman–Crippen MR) is 180 cm³/mol. The number of nitrogens with zero attached hydrogens (tertiary/aromatic N) is 3. The Morgan fingerprint density at radius 1 is 0.349 bits per heavy atom. The van der Waals surface area contributed by atoms with Gasteiger partial charge in [-0.25, -0.2) is 15.0 Å². The lowest BCUT2D eigenvalue weighted by Crippen LogP contribution is -2.00. The van der Waals surface area contributed by atoms with Crippen molar-refractivity contribution in [1.82, 2.24) is 15.0 Å². The minimum atomic E-state index is 0.657. The maximum Gasteiger partial charge on any atom is 0.164 e. The first-order chi connectivity index (χ1) is 21.3. The Morgan fingerprint density at radius 2 is 0.837 bits per heavy atom. The molecule has 0 atom stereocenters. The van der Waals surface area contributed by atoms with Crippen molar-refractivity contribution in [1.29, 1.82) is 0 Å². The zero-order valence-corrected chi connectivity index (χ0v) is 24.0. The van der Waals surface area contributed by atoms with E-state index in [9.17, 15) is 0 Å². The van der Waals surface area contributed by atoms with Crippen molar-refractivity contribution in [2.24, 2.45) is 0 Å². The molecular formula is C39H25N3S. The van der Waals surface area contributed by atoms with Gasteiger partial charge in [-0.2, -0.15) is 0 Å². The summed E-state index contributed by atoms with van der Waals surface area (Å²) in [6.07, 6.45) is 0. The average Bonchev–Trinajstić information content (AvgIpc) is 3.49. The van der Waals surface area contributed by atoms with Crippen LogP contribution in [0.3, 0.4) is 0 Å². The molecule has 0 aliphatic carbocycles. The molecule has 0 bridgehead atoms. The van der Waals surface area contributed by atoms with E-state index in [1.54, 1.807) is 0 Å². The molecule has 0 unspecified atom stereocenters. The van der Waals surface area contributed by atoms with Crippen LogP contribution in [0.5, 0.6) is 0 Å². The van der Waals surface area contributed by atoms with Gasteiger partial charge in [-0.15, -0.1) is 11.3 Å². The van der Waals surface area contributed by atoms with Gasteiger partial charge in [-0.05, 0) is 28.3 Å². The quantitative estimate of drug-likeness (QED) is 0.208. The number of benzene rings is 6. The Labute approximate surface area is 253 Å². The van der Waals surface area contributed by atoms with Gasteiger partial charge < -0.3 is 0 Å². The normalized spacial score (nSPS) is 11.3. The summed E-state index contributed by atoms with van der Waals surface area (Å²) in [6.45, 7) is 0. The third-order valence-corrected chi connectivity index (χ3v) is 8.97. The van der Waals surface area contributed by atoms with Gasteiger partial charge in [0, 0.05) is 36.9 Å². The molecule has 6 aromatic carbocycles. The van der Waals surface area contributed by atoms with Gasteiger partial charge in [0.2, 0.25) is 0 Å². The smallest absolute Gasteiger partial charge is 0.164 e. The standard InChI is InChI=1S/C39H25N3S/c1-4-12-26(13-5-1)27-22-24-30(25-23-27)38-40-37(29-16-8-3-9-17-29)41-39(42-38)33-20-11-21-34-35(33)32-19-10-18-31(36(32)43-34)28-14-6-2-7-15-28/h1-25H. The van der Waals surface area contributed by atoms with Crippen molar-refractivity contribution in [3.8, 4) is 56.4 Å². The lowest BCUT2D eigenvalue weighted by atomic mass is 10.0. The summed E-state index contributed by atoms with van der Waals surface area (Å²) in [5.41, 5.74) is 7.72. The molecule has 0 spiro atoms. The van der Waals surface area contributed by atoms with Crippen molar-refractivity contribution >= 4 is 31.5 Å². The van der Waals surface area contributed by atoms with E-state index in [0.29, 0.717) is 17.5 Å². The van der Waals surface area contributed by atoms with Crippen LogP contribution in [-0.2, 0) is 0 Å². The molecule has 2 heterocycles. The van der Waals surface area contributed by atoms with Crippen molar-refractivity contribution in [2.75, 3.05) is 0 Å². The van der Waals surface area contributed by atoms with E-state index in [-0.39, 0.29) is 0 Å². The van der Waals surface area contributed by atoms with Gasteiger partial charge in [0.05, 0.1) is 0 Å². The zero-order chi connectivity index (χ0) is 28.6. The van der Waals surface area contributed by atoms with E-state index in [2.05, 4.69) is 115 Å². The van der Waals surface area contributed by atoms with Crippen LogP contribution in [0, 0.1) is 0 Å². The predicted octanol–water partition coefficient (Wildman–Crippen LogP) is 10.6. The fourth-order valence-corrected chi connectivity index (χ4v) is 6.93. The molecule has 8 rings (SSSR count). The first kappa shape index (κ1) is 25.3. The van der Waals surface area contributed by atoms with Crippen LogP contribution in [0.15, 0.2) is 152 Å². The number of rotatable bonds is 5. The molecule has 2 aromatic heterocycles. The fraction of sp³-hybridized carbons (Fsp3) is 0. The molecule has 8 aromatic rings. The van der Waals surface area contributed by atoms with E-state index >= 15 is 0 Å². The Morgan fingerprint density at radius 3 is 1.51 bits per heavy atom. The Bertz CT molecular complexity index is 2210. The van der Waals surface area contributed by atoms with Gasteiger partial charge in [0.15, 0.2) is 17.5 Å². The van der Waals surface area contributed by atoms with Crippen LogP contribution in [0.25, 0.3) is 76.6 Å². The molecule has 0 amide bonds. The highest BCUT2D eigenvalue weighted by Crippen LogP contribution is 2.43. The number of hydrogen-bond acceptors (Lipinski definition) is 4. The van der Waals surface area contributed by atoms with Gasteiger partial charge in [0.25, 0.3) is 0 Å². The second kappa shape index (κ2) is 10.8. The Hall–Kier alpha value is -5.45. The molecule has 43 heavy (non-hydrogen) atoms. The first-order valence-electron chi connectivity index (χ1n) is 14.3. The van der Waals surface area contributed by atoms with Gasteiger partial charge in [-0.3, -0.25) is 0 Å². The van der Waals surface area contributed by atoms with Crippen LogP contribution in [-0.4, -0.2) is 15.0 Å². The lowest BCUT2D eigenvalue weighted by Gasteiger charge is -2.10. The highest BCUT2D eigenvalue weighted by atomic mass is 32.1. The van der Waals surface area contributed by atoms with Crippen LogP contribution >= 0.6 is 11.3 Å². The largest absolute Gasteiger partial charge is 0.208 e. The molecule has 0 radical (unpaired) electrons. The van der Waals surface area contributed by atoms with Crippen LogP contribution in [0.4, 0.5) is 0 Å². The SMILES string of the molecule is c1ccc(-c2ccc(-c3nc(-c4ccccc4)nc(-c4cccc5sc6c(-c7ccccc7)cccc6c45)n3)cc2)cc1. The Kier molecular flexibility index (Phi) is 6.32. The molecule has 0 saturated heterocycles. The third kappa shape index (κ3) is 4.68. The molecule has 4 heteroatoms. The number of hydrogen-bond donors (Lipinski definition) is 0. The minimum Gasteiger partial charge on any atom is -0.208 e. The molecule has 0 aliphatic rings. The lowest BCUT2D eigenvalue weighted by molar-refractivity contribution is 1.08. The van der Waals surface area contributed by atoms with E-state index in [1.165, 1.54) is 36.9 Å². The van der Waals surface area contributed by atoms with Crippen LogP contribution in [0.1, 0.15) is 0 Å². The minimum absolute atomic E-state index is 0.657. The highest BCUT2D eigenvalue weighted by Gasteiger charge is 2.18. The highest BCUT2D eigenvalue weighted by molar-refractivity contribution is 7.26. The maximum atomic E-state index is 5.10. The number of aromatic nitrogens is 3. The fourth-order valence-electron chi connectivity index (χ4n) is 5.66. The summed E-state index contributed by atoms with van der Waals surface area (Å²) in [7, 11) is 0. The van der Waals surface area contributed by atoms with Crippen LogP contribution in [0.2, 0.25) is 0 Å². The summed E-state index contributed by atoms with van der Waals surface area (Å²) in [5, 5.41) is 2.39. The average molecular weight is 568 g/mol. The van der Waals surface area contributed by atoms with E-state index < -0.39 is 0 Å². The van der Waals surface area contributed by atoms with Crippen LogP contribution < -0.4 is 0 Å². The molecule has 0 aliphatic heterocycles. The molecule has 0 fully saturated rings. The van der Waals surface area contributed by atoms with Gasteiger partial charge >= 0.3 is 0 Å². The zero-order valence-electron chi connectivity index (χ0n) is 23.2. The topological polar surface area (TPSA) is 38.7 Å². The second-order valence-electron chi connectivity index (χ2n) is 10.4. The van der Waals surface area contributed by atoms with E-state index in [0.717, 1.165) is 22.3 Å². The molecule has 202 valence electrons. The van der Waals surface area contributed by atoms with Gasteiger partial charge in [-0.1, -0.05) is 146 Å². The monoisotopic (exact) mass is 567 g/mol. The molecule has 0 saturated carbocycles. The molecule has 0 N–H and O–H groups in total. The van der Waals surface area contributed by atoms with Crippen molar-refractivity contribution < 1.29 is 0 Å². The maximum absolute atomic E-state index is 5.10. The third-order valence-electron chi connectivity index (χ3n) is 7.77. The van der Waals surface area contributed by atoms with Gasteiger partial charge in [0.1, 0.15) is 0 Å². The number of fused-ring (bicyclic) bond motifs is 3. The molecule has 3 nitrogen and oxygen atoms in total. The summed E-state index contributed by atoms with van der Waals surface area (Å²) < 4.78 is 2.48. The van der Waals surface area contributed by atoms with Crippen molar-refractivity contribution in [2.45, 2.75) is 0 Å². The summed E-state index contributed by atoms with van der Waals surface area (Å²) in [6, 6.07) is 52.6. The summed E-state index contributed by atoms with van der Waals surface area (Å²) in [5.74, 6) is 1.99. The van der Waals surface area contributed by atoms with E-state index in [1.807, 2.05) is 47.7 Å².